The van der Waals surface area contributed by atoms with Crippen LogP contribution in [0.1, 0.15) is 37.0 Å². The zero-order valence-corrected chi connectivity index (χ0v) is 10.3. The Morgan fingerprint density at radius 2 is 2.22 bits per heavy atom. The molecule has 0 unspecified atom stereocenters. The monoisotopic (exact) mass is 252 g/mol. The van der Waals surface area contributed by atoms with Gasteiger partial charge in [0, 0.05) is 12.1 Å². The van der Waals surface area contributed by atoms with Crippen molar-refractivity contribution in [3.63, 3.8) is 0 Å². The van der Waals surface area contributed by atoms with Gasteiger partial charge in [0.2, 0.25) is 0 Å². The zero-order valence-electron chi connectivity index (χ0n) is 10.3. The molecular weight excluding hydrogens is 236 g/mol. The molecule has 6 nitrogen and oxygen atoms in total. The van der Waals surface area contributed by atoms with Gasteiger partial charge in [0.05, 0.1) is 10.5 Å². The SMILES string of the molecule is CCC[C@H](C)Nc1ccc(C(=O)O)cc1[N+](=O)[O-]. The summed E-state index contributed by atoms with van der Waals surface area (Å²) in [4.78, 5) is 21.1. The molecular formula is C12H16N2O4. The number of aromatic carboxylic acids is 1. The lowest BCUT2D eigenvalue weighted by Gasteiger charge is -2.14. The van der Waals surface area contributed by atoms with E-state index in [-0.39, 0.29) is 17.3 Å². The van der Waals surface area contributed by atoms with Crippen molar-refractivity contribution in [1.29, 1.82) is 0 Å². The number of hydrogen-bond donors (Lipinski definition) is 2. The summed E-state index contributed by atoms with van der Waals surface area (Å²) in [6, 6.07) is 3.97. The highest BCUT2D eigenvalue weighted by molar-refractivity contribution is 5.89. The van der Waals surface area contributed by atoms with Crippen molar-refractivity contribution in [2.75, 3.05) is 5.32 Å². The molecule has 6 heteroatoms. The predicted molar refractivity (Wildman–Crippen MR) is 68.0 cm³/mol. The minimum Gasteiger partial charge on any atom is -0.478 e. The Morgan fingerprint density at radius 3 is 2.72 bits per heavy atom. The largest absolute Gasteiger partial charge is 0.478 e. The molecule has 0 saturated carbocycles. The second-order valence-corrected chi connectivity index (χ2v) is 4.13. The fraction of sp³-hybridized carbons (Fsp3) is 0.417. The molecule has 0 heterocycles. The molecule has 0 saturated heterocycles. The van der Waals surface area contributed by atoms with Crippen molar-refractivity contribution < 1.29 is 14.8 Å². The molecule has 0 aliphatic carbocycles. The topological polar surface area (TPSA) is 92.5 Å². The van der Waals surface area contributed by atoms with Gasteiger partial charge < -0.3 is 10.4 Å². The number of carboxylic acid groups (broad SMARTS) is 1. The average Bonchev–Trinajstić information content (AvgIpc) is 2.29. The van der Waals surface area contributed by atoms with E-state index in [0.717, 1.165) is 18.9 Å². The van der Waals surface area contributed by atoms with Crippen molar-refractivity contribution in [3.8, 4) is 0 Å². The number of hydrogen-bond acceptors (Lipinski definition) is 4. The van der Waals surface area contributed by atoms with Crippen LogP contribution >= 0.6 is 0 Å². The Kier molecular flexibility index (Phi) is 4.65. The summed E-state index contributed by atoms with van der Waals surface area (Å²) < 4.78 is 0. The van der Waals surface area contributed by atoms with E-state index in [1.807, 2.05) is 13.8 Å². The standard InChI is InChI=1S/C12H16N2O4/c1-3-4-8(2)13-10-6-5-9(12(15)16)7-11(10)14(17)18/h5-8,13H,3-4H2,1-2H3,(H,15,16)/t8-/m0/s1. The van der Waals surface area contributed by atoms with Gasteiger partial charge in [-0.15, -0.1) is 0 Å². The molecule has 1 aromatic carbocycles. The van der Waals surface area contributed by atoms with Gasteiger partial charge in [0.15, 0.2) is 0 Å². The average molecular weight is 252 g/mol. The van der Waals surface area contributed by atoms with Gasteiger partial charge >= 0.3 is 5.97 Å². The molecule has 0 aliphatic rings. The van der Waals surface area contributed by atoms with Crippen molar-refractivity contribution in [1.82, 2.24) is 0 Å². The number of benzene rings is 1. The van der Waals surface area contributed by atoms with Crippen LogP contribution in [-0.2, 0) is 0 Å². The lowest BCUT2D eigenvalue weighted by molar-refractivity contribution is -0.384. The summed E-state index contributed by atoms with van der Waals surface area (Å²) in [6.07, 6.45) is 1.85. The van der Waals surface area contributed by atoms with E-state index in [2.05, 4.69) is 5.32 Å². The maximum Gasteiger partial charge on any atom is 0.335 e. The van der Waals surface area contributed by atoms with Crippen LogP contribution in [0.2, 0.25) is 0 Å². The molecule has 0 spiro atoms. The van der Waals surface area contributed by atoms with E-state index in [9.17, 15) is 14.9 Å². The first-order valence-electron chi connectivity index (χ1n) is 5.74. The molecule has 1 aromatic rings. The van der Waals surface area contributed by atoms with E-state index in [1.54, 1.807) is 0 Å². The van der Waals surface area contributed by atoms with E-state index in [1.165, 1.54) is 12.1 Å². The molecule has 0 radical (unpaired) electrons. The predicted octanol–water partition coefficient (Wildman–Crippen LogP) is 2.89. The van der Waals surface area contributed by atoms with E-state index < -0.39 is 10.9 Å². The summed E-state index contributed by atoms with van der Waals surface area (Å²) in [5.41, 5.74) is 0.0548. The quantitative estimate of drug-likeness (QED) is 0.599. The molecule has 1 atom stereocenters. The minimum absolute atomic E-state index is 0.0876. The van der Waals surface area contributed by atoms with Gasteiger partial charge in [0.25, 0.3) is 5.69 Å². The van der Waals surface area contributed by atoms with Gasteiger partial charge in [-0.1, -0.05) is 13.3 Å². The lowest BCUT2D eigenvalue weighted by atomic mass is 10.1. The molecule has 0 amide bonds. The van der Waals surface area contributed by atoms with Crippen LogP contribution in [-0.4, -0.2) is 22.0 Å². The second-order valence-electron chi connectivity index (χ2n) is 4.13. The molecule has 0 bridgehead atoms. The van der Waals surface area contributed by atoms with Crippen LogP contribution in [0, 0.1) is 10.1 Å². The fourth-order valence-electron chi connectivity index (χ4n) is 1.71. The van der Waals surface area contributed by atoms with Crippen molar-refractivity contribution >= 4 is 17.3 Å². The highest BCUT2D eigenvalue weighted by Crippen LogP contribution is 2.26. The number of nitro groups is 1. The molecule has 0 fully saturated rings. The molecule has 98 valence electrons. The lowest BCUT2D eigenvalue weighted by Crippen LogP contribution is -2.15. The summed E-state index contributed by atoms with van der Waals surface area (Å²) in [7, 11) is 0. The zero-order chi connectivity index (χ0) is 13.7. The van der Waals surface area contributed by atoms with Crippen molar-refractivity contribution in [2.24, 2.45) is 0 Å². The van der Waals surface area contributed by atoms with Gasteiger partial charge in [-0.2, -0.15) is 0 Å². The normalized spacial score (nSPS) is 11.9. The number of rotatable bonds is 6. The Balaban J connectivity index is 3.04. The summed E-state index contributed by atoms with van der Waals surface area (Å²) in [5, 5.41) is 22.7. The highest BCUT2D eigenvalue weighted by atomic mass is 16.6. The van der Waals surface area contributed by atoms with Gasteiger partial charge in [-0.25, -0.2) is 4.79 Å². The number of anilines is 1. The first-order chi connectivity index (χ1) is 8.45. The Bertz CT molecular complexity index is 459. The first kappa shape index (κ1) is 14.0. The summed E-state index contributed by atoms with van der Waals surface area (Å²) >= 11 is 0. The molecule has 2 N–H and O–H groups in total. The van der Waals surface area contributed by atoms with Gasteiger partial charge in [0.1, 0.15) is 5.69 Å². The molecule has 0 aromatic heterocycles. The third-order valence-electron chi connectivity index (χ3n) is 2.56. The highest BCUT2D eigenvalue weighted by Gasteiger charge is 2.18. The number of carbonyl (C=O) groups is 1. The fourth-order valence-corrected chi connectivity index (χ4v) is 1.71. The van der Waals surface area contributed by atoms with Gasteiger partial charge in [-0.3, -0.25) is 10.1 Å². The smallest absolute Gasteiger partial charge is 0.335 e. The van der Waals surface area contributed by atoms with Crippen molar-refractivity contribution in [2.45, 2.75) is 32.7 Å². The Morgan fingerprint density at radius 1 is 1.56 bits per heavy atom. The van der Waals surface area contributed by atoms with E-state index >= 15 is 0 Å². The van der Waals surface area contributed by atoms with Crippen LogP contribution in [0.15, 0.2) is 18.2 Å². The Labute approximate surface area is 105 Å². The number of nitrogens with zero attached hydrogens (tertiary/aromatic N) is 1. The van der Waals surface area contributed by atoms with Crippen LogP contribution in [0.3, 0.4) is 0 Å². The molecule has 1 rings (SSSR count). The van der Waals surface area contributed by atoms with Crippen LogP contribution in [0.5, 0.6) is 0 Å². The van der Waals surface area contributed by atoms with Gasteiger partial charge in [-0.05, 0) is 25.5 Å². The third kappa shape index (κ3) is 3.44. The maximum atomic E-state index is 10.9. The number of carboxylic acids is 1. The van der Waals surface area contributed by atoms with E-state index in [0.29, 0.717) is 5.69 Å². The van der Waals surface area contributed by atoms with Crippen LogP contribution < -0.4 is 5.32 Å². The van der Waals surface area contributed by atoms with Crippen molar-refractivity contribution in [3.05, 3.63) is 33.9 Å². The minimum atomic E-state index is -1.17. The maximum absolute atomic E-state index is 10.9. The number of nitrogens with one attached hydrogen (secondary N) is 1. The molecule has 0 aliphatic heterocycles. The molecule has 18 heavy (non-hydrogen) atoms. The first-order valence-corrected chi connectivity index (χ1v) is 5.74. The second kappa shape index (κ2) is 6.00. The van der Waals surface area contributed by atoms with Crippen LogP contribution in [0.25, 0.3) is 0 Å². The van der Waals surface area contributed by atoms with E-state index in [4.69, 9.17) is 5.11 Å². The third-order valence-corrected chi connectivity index (χ3v) is 2.56. The summed E-state index contributed by atoms with van der Waals surface area (Å²) in [6.45, 7) is 3.96. The Hall–Kier alpha value is -2.11. The van der Waals surface area contributed by atoms with Crippen LogP contribution in [0.4, 0.5) is 11.4 Å². The summed E-state index contributed by atoms with van der Waals surface area (Å²) in [5.74, 6) is -1.17. The number of nitro benzene ring substituents is 1.